The standard InChI is InChI=1S/C26H24N2O2S2/c1-27(2)25(31)29-19-15-18-10-6-7-11-20(18)22(16-19)24-21-12-8-5-9-17(21)13-14-23(24)30-26(32)28(3)4/h5-16H,1-4H3. The summed E-state index contributed by atoms with van der Waals surface area (Å²) in [5, 5.41) is 5.12. The van der Waals surface area contributed by atoms with Crippen molar-refractivity contribution in [3.63, 3.8) is 0 Å². The Morgan fingerprint density at radius 3 is 1.94 bits per heavy atom. The first-order valence-electron chi connectivity index (χ1n) is 10.2. The van der Waals surface area contributed by atoms with E-state index in [2.05, 4.69) is 30.3 Å². The number of rotatable bonds is 3. The molecule has 0 amide bonds. The molecule has 4 rings (SSSR count). The Morgan fingerprint density at radius 2 is 1.25 bits per heavy atom. The summed E-state index contributed by atoms with van der Waals surface area (Å²) >= 11 is 10.8. The van der Waals surface area contributed by atoms with Crippen LogP contribution in [-0.4, -0.2) is 48.3 Å². The van der Waals surface area contributed by atoms with Crippen molar-refractivity contribution in [2.24, 2.45) is 0 Å². The number of hydrogen-bond donors (Lipinski definition) is 0. The zero-order valence-corrected chi connectivity index (χ0v) is 20.1. The highest BCUT2D eigenvalue weighted by Crippen LogP contribution is 2.42. The molecule has 32 heavy (non-hydrogen) atoms. The van der Waals surface area contributed by atoms with Crippen molar-refractivity contribution in [3.05, 3.63) is 72.8 Å². The maximum Gasteiger partial charge on any atom is 0.264 e. The molecule has 0 N–H and O–H groups in total. The van der Waals surface area contributed by atoms with Crippen LogP contribution in [0.2, 0.25) is 0 Å². The fourth-order valence-corrected chi connectivity index (χ4v) is 3.73. The van der Waals surface area contributed by atoms with Gasteiger partial charge in [0.15, 0.2) is 0 Å². The van der Waals surface area contributed by atoms with Crippen LogP contribution < -0.4 is 9.47 Å². The van der Waals surface area contributed by atoms with Crippen molar-refractivity contribution in [1.29, 1.82) is 0 Å². The van der Waals surface area contributed by atoms with Crippen molar-refractivity contribution in [3.8, 4) is 22.6 Å². The molecular weight excluding hydrogens is 436 g/mol. The van der Waals surface area contributed by atoms with E-state index in [4.69, 9.17) is 33.9 Å². The Morgan fingerprint density at radius 1 is 0.656 bits per heavy atom. The largest absolute Gasteiger partial charge is 0.432 e. The van der Waals surface area contributed by atoms with Gasteiger partial charge in [-0.3, -0.25) is 0 Å². The number of hydrogen-bond acceptors (Lipinski definition) is 4. The summed E-state index contributed by atoms with van der Waals surface area (Å²) in [6.45, 7) is 0. The zero-order chi connectivity index (χ0) is 22.8. The SMILES string of the molecule is CN(C)C(=S)Oc1cc(-c2c(OC(=S)N(C)C)ccc3ccccc23)c2ccccc2c1. The van der Waals surface area contributed by atoms with E-state index in [9.17, 15) is 0 Å². The molecule has 0 aliphatic heterocycles. The lowest BCUT2D eigenvalue weighted by molar-refractivity contribution is 0.449. The molecule has 0 fully saturated rings. The lowest BCUT2D eigenvalue weighted by Gasteiger charge is -2.20. The minimum atomic E-state index is 0.395. The second-order valence-electron chi connectivity index (χ2n) is 7.88. The van der Waals surface area contributed by atoms with Gasteiger partial charge in [-0.05, 0) is 69.7 Å². The molecule has 4 nitrogen and oxygen atoms in total. The normalized spacial score (nSPS) is 10.8. The highest BCUT2D eigenvalue weighted by atomic mass is 32.1. The monoisotopic (exact) mass is 460 g/mol. The zero-order valence-electron chi connectivity index (χ0n) is 18.5. The molecule has 0 heterocycles. The molecule has 0 radical (unpaired) electrons. The van der Waals surface area contributed by atoms with Crippen LogP contribution in [0.25, 0.3) is 32.7 Å². The lowest BCUT2D eigenvalue weighted by atomic mass is 9.93. The summed E-state index contributed by atoms with van der Waals surface area (Å²) in [6.07, 6.45) is 0. The summed E-state index contributed by atoms with van der Waals surface area (Å²) < 4.78 is 12.2. The topological polar surface area (TPSA) is 24.9 Å². The molecule has 0 aliphatic rings. The minimum absolute atomic E-state index is 0.395. The third-order valence-electron chi connectivity index (χ3n) is 5.13. The predicted molar refractivity (Wildman–Crippen MR) is 141 cm³/mol. The van der Waals surface area contributed by atoms with Gasteiger partial charge in [0, 0.05) is 33.8 Å². The first kappa shape index (κ1) is 22.0. The van der Waals surface area contributed by atoms with Crippen molar-refractivity contribution in [1.82, 2.24) is 9.80 Å². The van der Waals surface area contributed by atoms with Gasteiger partial charge in [0.25, 0.3) is 10.3 Å². The van der Waals surface area contributed by atoms with Gasteiger partial charge >= 0.3 is 0 Å². The number of ether oxygens (including phenoxy) is 2. The van der Waals surface area contributed by atoms with Crippen molar-refractivity contribution < 1.29 is 9.47 Å². The first-order valence-corrected chi connectivity index (χ1v) is 11.0. The van der Waals surface area contributed by atoms with E-state index >= 15 is 0 Å². The van der Waals surface area contributed by atoms with Crippen LogP contribution >= 0.6 is 24.4 Å². The van der Waals surface area contributed by atoms with Crippen molar-refractivity contribution in [2.75, 3.05) is 28.2 Å². The summed E-state index contributed by atoms with van der Waals surface area (Å²) in [7, 11) is 7.47. The fourth-order valence-electron chi connectivity index (χ4n) is 3.54. The Balaban J connectivity index is 2.01. The van der Waals surface area contributed by atoms with Crippen molar-refractivity contribution in [2.45, 2.75) is 0 Å². The van der Waals surface area contributed by atoms with E-state index in [1.165, 1.54) is 0 Å². The number of fused-ring (bicyclic) bond motifs is 2. The highest BCUT2D eigenvalue weighted by Gasteiger charge is 2.18. The Labute approximate surface area is 199 Å². The molecule has 0 saturated heterocycles. The Bertz CT molecular complexity index is 1330. The second kappa shape index (κ2) is 9.10. The molecule has 0 atom stereocenters. The smallest absolute Gasteiger partial charge is 0.264 e. The lowest BCUT2D eigenvalue weighted by Crippen LogP contribution is -2.25. The van der Waals surface area contributed by atoms with Gasteiger partial charge < -0.3 is 19.3 Å². The molecule has 0 unspecified atom stereocenters. The van der Waals surface area contributed by atoms with Gasteiger partial charge in [-0.2, -0.15) is 0 Å². The molecule has 6 heteroatoms. The van der Waals surface area contributed by atoms with E-state index < -0.39 is 0 Å². The third-order valence-corrected chi connectivity index (χ3v) is 6.03. The van der Waals surface area contributed by atoms with E-state index in [-0.39, 0.29) is 0 Å². The average molecular weight is 461 g/mol. The summed E-state index contributed by atoms with van der Waals surface area (Å²) in [5.74, 6) is 1.37. The minimum Gasteiger partial charge on any atom is -0.432 e. The quantitative estimate of drug-likeness (QED) is 0.342. The number of benzene rings is 4. The van der Waals surface area contributed by atoms with E-state index in [0.717, 1.165) is 32.7 Å². The van der Waals surface area contributed by atoms with Crippen LogP contribution in [0.5, 0.6) is 11.5 Å². The summed E-state index contributed by atoms with van der Waals surface area (Å²) in [6, 6.07) is 24.5. The van der Waals surface area contributed by atoms with Gasteiger partial charge in [0.2, 0.25) is 0 Å². The Kier molecular flexibility index (Phi) is 6.26. The molecule has 0 bridgehead atoms. The average Bonchev–Trinajstić information content (AvgIpc) is 2.78. The molecule has 0 spiro atoms. The van der Waals surface area contributed by atoms with E-state index in [1.807, 2.05) is 70.7 Å². The first-order chi connectivity index (χ1) is 15.3. The molecule has 0 aromatic heterocycles. The summed E-state index contributed by atoms with van der Waals surface area (Å²) in [4.78, 5) is 3.55. The van der Waals surface area contributed by atoms with Crippen LogP contribution in [0.4, 0.5) is 0 Å². The predicted octanol–water partition coefficient (Wildman–Crippen LogP) is 6.11. The maximum absolute atomic E-state index is 6.16. The van der Waals surface area contributed by atoms with E-state index in [0.29, 0.717) is 21.8 Å². The van der Waals surface area contributed by atoms with Crippen LogP contribution in [0.15, 0.2) is 72.8 Å². The summed E-state index contributed by atoms with van der Waals surface area (Å²) in [5.41, 5.74) is 1.96. The van der Waals surface area contributed by atoms with Gasteiger partial charge in [-0.1, -0.05) is 54.6 Å². The van der Waals surface area contributed by atoms with Gasteiger partial charge in [0.1, 0.15) is 11.5 Å². The fraction of sp³-hybridized carbons (Fsp3) is 0.154. The highest BCUT2D eigenvalue weighted by molar-refractivity contribution is 7.80. The van der Waals surface area contributed by atoms with Gasteiger partial charge in [0.05, 0.1) is 0 Å². The second-order valence-corrected chi connectivity index (χ2v) is 8.58. The molecule has 162 valence electrons. The number of nitrogens with zero attached hydrogens (tertiary/aromatic N) is 2. The Hall–Kier alpha value is -3.22. The molecule has 4 aromatic rings. The van der Waals surface area contributed by atoms with Crippen LogP contribution in [0, 0.1) is 0 Å². The van der Waals surface area contributed by atoms with E-state index in [1.54, 1.807) is 9.80 Å². The van der Waals surface area contributed by atoms with Crippen LogP contribution in [0.1, 0.15) is 0 Å². The molecular formula is C26H24N2O2S2. The van der Waals surface area contributed by atoms with Crippen molar-refractivity contribution >= 4 is 56.3 Å². The van der Waals surface area contributed by atoms with Crippen LogP contribution in [-0.2, 0) is 0 Å². The molecule has 0 aliphatic carbocycles. The van der Waals surface area contributed by atoms with Gasteiger partial charge in [-0.15, -0.1) is 0 Å². The number of thiocarbonyl (C=S) groups is 2. The van der Waals surface area contributed by atoms with Gasteiger partial charge in [-0.25, -0.2) is 0 Å². The van der Waals surface area contributed by atoms with Crippen LogP contribution in [0.3, 0.4) is 0 Å². The third kappa shape index (κ3) is 4.38. The maximum atomic E-state index is 6.16. The molecule has 0 saturated carbocycles. The molecule has 4 aromatic carbocycles.